The van der Waals surface area contributed by atoms with Crippen LogP contribution in [0.25, 0.3) is 0 Å². The van der Waals surface area contributed by atoms with Crippen molar-refractivity contribution in [3.8, 4) is 0 Å². The lowest BCUT2D eigenvalue weighted by Crippen LogP contribution is -2.44. The molecule has 0 aromatic rings. The molecule has 2 heteroatoms. The summed E-state index contributed by atoms with van der Waals surface area (Å²) in [5.74, 6) is 0. The molecule has 1 fully saturated rings. The molecule has 0 amide bonds. The van der Waals surface area contributed by atoms with Gasteiger partial charge in [-0.3, -0.25) is 9.89 Å². The summed E-state index contributed by atoms with van der Waals surface area (Å²) in [5.41, 5.74) is 0. The van der Waals surface area contributed by atoms with Gasteiger partial charge in [-0.1, -0.05) is 6.42 Å². The topological polar surface area (TPSA) is 15.6 Å². The van der Waals surface area contributed by atoms with Crippen molar-refractivity contribution >= 4 is 6.21 Å². The maximum absolute atomic E-state index is 4.31. The van der Waals surface area contributed by atoms with Gasteiger partial charge in [0, 0.05) is 24.8 Å². The van der Waals surface area contributed by atoms with E-state index >= 15 is 0 Å². The Hall–Kier alpha value is -0.370. The van der Waals surface area contributed by atoms with Gasteiger partial charge in [-0.2, -0.15) is 0 Å². The van der Waals surface area contributed by atoms with Crippen LogP contribution in [-0.2, 0) is 0 Å². The number of piperidine rings is 1. The average Bonchev–Trinajstić information content (AvgIpc) is 2.57. The third-order valence-electron chi connectivity index (χ3n) is 3.11. The van der Waals surface area contributed by atoms with E-state index in [1.54, 1.807) is 0 Å². The fourth-order valence-electron chi connectivity index (χ4n) is 2.34. The van der Waals surface area contributed by atoms with Crippen molar-refractivity contribution in [3.63, 3.8) is 0 Å². The smallest absolute Gasteiger partial charge is 0.0467 e. The molecular weight excluding hydrogens is 148 g/mol. The third-order valence-corrected chi connectivity index (χ3v) is 3.11. The van der Waals surface area contributed by atoms with Crippen LogP contribution in [0.3, 0.4) is 0 Å². The molecule has 0 spiro atoms. The Morgan fingerprint density at radius 1 is 1.33 bits per heavy atom. The van der Waals surface area contributed by atoms with E-state index in [4.69, 9.17) is 0 Å². The van der Waals surface area contributed by atoms with Crippen molar-refractivity contribution in [1.29, 1.82) is 0 Å². The van der Waals surface area contributed by atoms with Crippen LogP contribution in [0.15, 0.2) is 4.99 Å². The molecule has 2 aliphatic rings. The first kappa shape index (κ1) is 8.24. The molecule has 68 valence electrons. The zero-order valence-corrected chi connectivity index (χ0v) is 7.87. The first-order valence-corrected chi connectivity index (χ1v) is 5.13. The highest BCUT2D eigenvalue weighted by Gasteiger charge is 2.25. The van der Waals surface area contributed by atoms with Gasteiger partial charge < -0.3 is 0 Å². The van der Waals surface area contributed by atoms with Crippen molar-refractivity contribution in [3.05, 3.63) is 0 Å². The molecule has 2 rings (SSSR count). The summed E-state index contributed by atoms with van der Waals surface area (Å²) in [6.07, 6.45) is 7.59. The van der Waals surface area contributed by atoms with Gasteiger partial charge in [-0.05, 0) is 32.7 Å². The molecule has 0 N–H and O–H groups in total. The molecule has 1 saturated heterocycles. The maximum atomic E-state index is 4.31. The second-order valence-electron chi connectivity index (χ2n) is 3.99. The number of rotatable bonds is 1. The Labute approximate surface area is 74.7 Å². The molecule has 0 aromatic carbocycles. The van der Waals surface area contributed by atoms with E-state index in [2.05, 4.69) is 23.0 Å². The lowest BCUT2D eigenvalue weighted by molar-refractivity contribution is 0.139. The van der Waals surface area contributed by atoms with Crippen LogP contribution in [0.1, 0.15) is 32.6 Å². The van der Waals surface area contributed by atoms with E-state index in [1.807, 2.05) is 0 Å². The minimum atomic E-state index is 0.667. The summed E-state index contributed by atoms with van der Waals surface area (Å²) < 4.78 is 0. The van der Waals surface area contributed by atoms with E-state index in [-0.39, 0.29) is 0 Å². The van der Waals surface area contributed by atoms with Crippen LogP contribution in [0, 0.1) is 0 Å². The molecule has 1 unspecified atom stereocenters. The highest BCUT2D eigenvalue weighted by atomic mass is 15.2. The predicted molar refractivity (Wildman–Crippen MR) is 51.8 cm³/mol. The summed E-state index contributed by atoms with van der Waals surface area (Å²) in [5, 5.41) is 0. The Kier molecular flexibility index (Phi) is 2.45. The van der Waals surface area contributed by atoms with Crippen LogP contribution >= 0.6 is 0 Å². The molecular formula is C10H18N2. The molecule has 0 radical (unpaired) electrons. The zero-order chi connectivity index (χ0) is 8.39. The maximum Gasteiger partial charge on any atom is 0.0467 e. The molecule has 0 saturated carbocycles. The van der Waals surface area contributed by atoms with Crippen LogP contribution in [0.4, 0.5) is 0 Å². The van der Waals surface area contributed by atoms with E-state index in [0.29, 0.717) is 6.04 Å². The van der Waals surface area contributed by atoms with E-state index < -0.39 is 0 Å². The highest BCUT2D eigenvalue weighted by Crippen LogP contribution is 2.21. The third kappa shape index (κ3) is 1.53. The normalized spacial score (nSPS) is 37.4. The molecule has 2 aliphatic heterocycles. The molecule has 0 aromatic heterocycles. The predicted octanol–water partition coefficient (Wildman–Crippen LogP) is 1.70. The Balaban J connectivity index is 1.95. The fraction of sp³-hybridized carbons (Fsp3) is 0.900. The van der Waals surface area contributed by atoms with E-state index in [9.17, 15) is 0 Å². The number of likely N-dealkylation sites (tertiary alicyclic amines) is 1. The second kappa shape index (κ2) is 3.56. The standard InChI is InChI=1S/C10H18N2/c1-9-4-2-3-7-12(9)10-5-6-11-8-10/h8-10H,2-7H2,1H3/t9-,10?/m0/s1. The number of hydrogen-bond acceptors (Lipinski definition) is 2. The zero-order valence-electron chi connectivity index (χ0n) is 7.87. The van der Waals surface area contributed by atoms with Gasteiger partial charge in [0.1, 0.15) is 0 Å². The first-order valence-electron chi connectivity index (χ1n) is 5.13. The molecule has 2 heterocycles. The average molecular weight is 166 g/mol. The Bertz CT molecular complexity index is 177. The van der Waals surface area contributed by atoms with Crippen molar-refractivity contribution < 1.29 is 0 Å². The van der Waals surface area contributed by atoms with Gasteiger partial charge in [0.25, 0.3) is 0 Å². The SMILES string of the molecule is C[C@H]1CCCCN1C1C=NCC1. The largest absolute Gasteiger partial charge is 0.296 e. The molecule has 2 atom stereocenters. The van der Waals surface area contributed by atoms with Crippen LogP contribution < -0.4 is 0 Å². The van der Waals surface area contributed by atoms with Crippen molar-refractivity contribution in [2.24, 2.45) is 4.99 Å². The van der Waals surface area contributed by atoms with Gasteiger partial charge in [-0.15, -0.1) is 0 Å². The van der Waals surface area contributed by atoms with E-state index in [1.165, 1.54) is 32.2 Å². The molecule has 2 nitrogen and oxygen atoms in total. The van der Waals surface area contributed by atoms with Gasteiger partial charge >= 0.3 is 0 Å². The summed E-state index contributed by atoms with van der Waals surface area (Å²) in [4.78, 5) is 6.93. The van der Waals surface area contributed by atoms with Gasteiger partial charge in [0.05, 0.1) is 0 Å². The minimum Gasteiger partial charge on any atom is -0.296 e. The van der Waals surface area contributed by atoms with Gasteiger partial charge in [-0.25, -0.2) is 0 Å². The van der Waals surface area contributed by atoms with Crippen molar-refractivity contribution in [2.45, 2.75) is 44.7 Å². The number of nitrogens with zero attached hydrogens (tertiary/aromatic N) is 2. The monoisotopic (exact) mass is 166 g/mol. The first-order chi connectivity index (χ1) is 5.88. The summed E-state index contributed by atoms with van der Waals surface area (Å²) >= 11 is 0. The Morgan fingerprint density at radius 2 is 2.25 bits per heavy atom. The number of aliphatic imine (C=N–C) groups is 1. The number of hydrogen-bond donors (Lipinski definition) is 0. The quantitative estimate of drug-likeness (QED) is 0.579. The van der Waals surface area contributed by atoms with Gasteiger partial charge in [0.2, 0.25) is 0 Å². The van der Waals surface area contributed by atoms with E-state index in [0.717, 1.165) is 12.6 Å². The lowest BCUT2D eigenvalue weighted by atomic mass is 10.0. The summed E-state index contributed by atoms with van der Waals surface area (Å²) in [6.45, 7) is 4.69. The molecule has 0 aliphatic carbocycles. The van der Waals surface area contributed by atoms with Crippen LogP contribution in [0.2, 0.25) is 0 Å². The van der Waals surface area contributed by atoms with Crippen LogP contribution in [0.5, 0.6) is 0 Å². The van der Waals surface area contributed by atoms with Crippen molar-refractivity contribution in [1.82, 2.24) is 4.90 Å². The van der Waals surface area contributed by atoms with Gasteiger partial charge in [0.15, 0.2) is 0 Å². The minimum absolute atomic E-state index is 0.667. The summed E-state index contributed by atoms with van der Waals surface area (Å²) in [7, 11) is 0. The second-order valence-corrected chi connectivity index (χ2v) is 3.99. The molecule has 0 bridgehead atoms. The fourth-order valence-corrected chi connectivity index (χ4v) is 2.34. The highest BCUT2D eigenvalue weighted by molar-refractivity contribution is 5.66. The van der Waals surface area contributed by atoms with Crippen LogP contribution in [-0.4, -0.2) is 36.3 Å². The summed E-state index contributed by atoms with van der Waals surface area (Å²) in [6, 6.07) is 1.45. The lowest BCUT2D eigenvalue weighted by Gasteiger charge is -2.36. The Morgan fingerprint density at radius 3 is 2.92 bits per heavy atom. The van der Waals surface area contributed by atoms with Crippen molar-refractivity contribution in [2.75, 3.05) is 13.1 Å². The molecule has 12 heavy (non-hydrogen) atoms.